The fraction of sp³-hybridized carbons (Fsp3) is 0.632. The summed E-state index contributed by atoms with van der Waals surface area (Å²) < 4.78 is 0. The lowest BCUT2D eigenvalue weighted by molar-refractivity contribution is -0.182. The summed E-state index contributed by atoms with van der Waals surface area (Å²) in [7, 11) is 0. The highest BCUT2D eigenvalue weighted by molar-refractivity contribution is 5.76. The topological polar surface area (TPSA) is 36.0 Å². The predicted molar refractivity (Wildman–Crippen MR) is 96.1 cm³/mol. The number of anilines is 1. The van der Waals surface area contributed by atoms with Crippen LogP contribution in [0.2, 0.25) is 0 Å². The van der Waals surface area contributed by atoms with E-state index in [4.69, 9.17) is 4.84 Å². The molecule has 24 heavy (non-hydrogen) atoms. The van der Waals surface area contributed by atoms with E-state index < -0.39 is 0 Å². The van der Waals surface area contributed by atoms with E-state index in [0.717, 1.165) is 52.3 Å². The first-order chi connectivity index (χ1) is 11.6. The van der Waals surface area contributed by atoms with Crippen molar-refractivity contribution in [1.29, 1.82) is 0 Å². The molecular weight excluding hydrogens is 302 g/mol. The summed E-state index contributed by atoms with van der Waals surface area (Å²) in [5, 5.41) is 1.95. The molecule has 0 bridgehead atoms. The zero-order valence-corrected chi connectivity index (χ0v) is 15.0. The molecule has 0 spiro atoms. The molecule has 2 aliphatic heterocycles. The Morgan fingerprint density at radius 1 is 1.08 bits per heavy atom. The Morgan fingerprint density at radius 3 is 2.54 bits per heavy atom. The molecule has 132 valence electrons. The molecule has 1 aromatic rings. The summed E-state index contributed by atoms with van der Waals surface area (Å²) in [6, 6.07) is 6.60. The van der Waals surface area contributed by atoms with Crippen LogP contribution in [0, 0.1) is 13.8 Å². The lowest BCUT2D eigenvalue weighted by Gasteiger charge is -2.37. The molecule has 0 atom stereocenters. The number of hydroxylamine groups is 2. The van der Waals surface area contributed by atoms with Gasteiger partial charge in [-0.2, -0.15) is 5.06 Å². The van der Waals surface area contributed by atoms with Crippen molar-refractivity contribution in [3.05, 3.63) is 29.3 Å². The van der Waals surface area contributed by atoms with E-state index in [1.807, 2.05) is 9.96 Å². The second-order valence-electron chi connectivity index (χ2n) is 6.88. The third kappa shape index (κ3) is 4.28. The maximum atomic E-state index is 12.4. The summed E-state index contributed by atoms with van der Waals surface area (Å²) in [5.74, 6) is 0.254. The molecule has 1 amide bonds. The molecule has 0 aromatic heterocycles. The molecule has 2 saturated heterocycles. The second kappa shape index (κ2) is 7.99. The highest BCUT2D eigenvalue weighted by Crippen LogP contribution is 2.22. The first kappa shape index (κ1) is 17.2. The van der Waals surface area contributed by atoms with Gasteiger partial charge in [0.1, 0.15) is 0 Å². The highest BCUT2D eigenvalue weighted by Gasteiger charge is 2.22. The van der Waals surface area contributed by atoms with Gasteiger partial charge in [0.05, 0.1) is 6.61 Å². The van der Waals surface area contributed by atoms with Gasteiger partial charge >= 0.3 is 0 Å². The van der Waals surface area contributed by atoms with Crippen molar-refractivity contribution in [2.75, 3.05) is 50.8 Å². The number of aryl methyl sites for hydroxylation is 2. The standard InChI is InChI=1S/C19H29N3O2/c1-16-5-6-18(17(2)15-16)20-10-12-21(13-11-20)19(23)7-9-22-8-3-4-14-24-22/h5-6,15H,3-4,7-14H2,1-2H3. The van der Waals surface area contributed by atoms with E-state index >= 15 is 0 Å². The van der Waals surface area contributed by atoms with Crippen LogP contribution in [0.4, 0.5) is 5.69 Å². The van der Waals surface area contributed by atoms with Crippen LogP contribution in [0.15, 0.2) is 18.2 Å². The Hall–Kier alpha value is -1.59. The molecule has 0 saturated carbocycles. The summed E-state index contributed by atoms with van der Waals surface area (Å²) in [5.41, 5.74) is 3.91. The fourth-order valence-electron chi connectivity index (χ4n) is 3.56. The van der Waals surface area contributed by atoms with Crippen LogP contribution < -0.4 is 4.90 Å². The summed E-state index contributed by atoms with van der Waals surface area (Å²) >= 11 is 0. The van der Waals surface area contributed by atoms with Gasteiger partial charge in [-0.05, 0) is 38.3 Å². The maximum Gasteiger partial charge on any atom is 0.224 e. The van der Waals surface area contributed by atoms with Gasteiger partial charge in [0.15, 0.2) is 0 Å². The van der Waals surface area contributed by atoms with Crippen LogP contribution in [0.3, 0.4) is 0 Å². The minimum Gasteiger partial charge on any atom is -0.368 e. The van der Waals surface area contributed by atoms with Gasteiger partial charge in [0, 0.05) is 51.4 Å². The van der Waals surface area contributed by atoms with Crippen molar-refractivity contribution in [2.45, 2.75) is 33.1 Å². The lowest BCUT2D eigenvalue weighted by atomic mass is 10.1. The van der Waals surface area contributed by atoms with E-state index in [2.05, 4.69) is 36.9 Å². The molecule has 2 heterocycles. The number of hydrogen-bond donors (Lipinski definition) is 0. The van der Waals surface area contributed by atoms with Crippen molar-refractivity contribution >= 4 is 11.6 Å². The van der Waals surface area contributed by atoms with E-state index in [1.165, 1.54) is 23.2 Å². The largest absolute Gasteiger partial charge is 0.368 e. The normalized spacial score (nSPS) is 19.6. The Balaban J connectivity index is 1.46. The minimum absolute atomic E-state index is 0.254. The zero-order chi connectivity index (χ0) is 16.9. The van der Waals surface area contributed by atoms with Crippen molar-refractivity contribution in [3.63, 3.8) is 0 Å². The molecular formula is C19H29N3O2. The Bertz CT molecular complexity index is 562. The van der Waals surface area contributed by atoms with Crippen LogP contribution in [0.5, 0.6) is 0 Å². The van der Waals surface area contributed by atoms with Crippen LogP contribution in [0.1, 0.15) is 30.4 Å². The molecule has 0 N–H and O–H groups in total. The fourth-order valence-corrected chi connectivity index (χ4v) is 3.56. The van der Waals surface area contributed by atoms with Crippen LogP contribution in [-0.2, 0) is 9.63 Å². The number of carbonyl (C=O) groups excluding carboxylic acids is 1. The Labute approximate surface area is 145 Å². The number of hydrogen-bond acceptors (Lipinski definition) is 4. The molecule has 5 heteroatoms. The van der Waals surface area contributed by atoms with Gasteiger partial charge in [-0.1, -0.05) is 17.7 Å². The summed E-state index contributed by atoms with van der Waals surface area (Å²) in [4.78, 5) is 22.4. The molecule has 2 fully saturated rings. The molecule has 0 aliphatic carbocycles. The van der Waals surface area contributed by atoms with Gasteiger partial charge in [0.2, 0.25) is 5.91 Å². The number of piperazine rings is 1. The predicted octanol–water partition coefficient (Wildman–Crippen LogP) is 2.37. The average molecular weight is 331 g/mol. The van der Waals surface area contributed by atoms with Crippen LogP contribution in [-0.4, -0.2) is 61.7 Å². The third-order valence-corrected chi connectivity index (χ3v) is 4.98. The second-order valence-corrected chi connectivity index (χ2v) is 6.88. The van der Waals surface area contributed by atoms with Crippen molar-refractivity contribution in [3.8, 4) is 0 Å². The summed E-state index contributed by atoms with van der Waals surface area (Å²) in [6.07, 6.45) is 2.86. The monoisotopic (exact) mass is 331 g/mol. The molecule has 3 rings (SSSR count). The Kier molecular flexibility index (Phi) is 5.74. The van der Waals surface area contributed by atoms with Crippen LogP contribution in [0.25, 0.3) is 0 Å². The molecule has 0 unspecified atom stereocenters. The summed E-state index contributed by atoms with van der Waals surface area (Å²) in [6.45, 7) is 10.2. The van der Waals surface area contributed by atoms with E-state index in [0.29, 0.717) is 6.42 Å². The zero-order valence-electron chi connectivity index (χ0n) is 15.0. The van der Waals surface area contributed by atoms with Gasteiger partial charge in [-0.25, -0.2) is 0 Å². The number of carbonyl (C=O) groups is 1. The van der Waals surface area contributed by atoms with Crippen LogP contribution >= 0.6 is 0 Å². The number of benzene rings is 1. The lowest BCUT2D eigenvalue weighted by Crippen LogP contribution is -2.49. The maximum absolute atomic E-state index is 12.4. The highest BCUT2D eigenvalue weighted by atomic mass is 16.7. The SMILES string of the molecule is Cc1ccc(N2CCN(C(=O)CCN3CCCCO3)CC2)c(C)c1. The molecule has 2 aliphatic rings. The van der Waals surface area contributed by atoms with Crippen molar-refractivity contribution in [2.24, 2.45) is 0 Å². The number of nitrogens with zero attached hydrogens (tertiary/aromatic N) is 3. The van der Waals surface area contributed by atoms with Gasteiger partial charge in [-0.15, -0.1) is 0 Å². The first-order valence-corrected chi connectivity index (χ1v) is 9.11. The number of amides is 1. The van der Waals surface area contributed by atoms with Crippen molar-refractivity contribution < 1.29 is 9.63 Å². The first-order valence-electron chi connectivity index (χ1n) is 9.11. The Morgan fingerprint density at radius 2 is 1.88 bits per heavy atom. The number of rotatable bonds is 4. The quantitative estimate of drug-likeness (QED) is 0.849. The van der Waals surface area contributed by atoms with Gasteiger partial charge in [0.25, 0.3) is 0 Å². The van der Waals surface area contributed by atoms with E-state index in [9.17, 15) is 4.79 Å². The third-order valence-electron chi connectivity index (χ3n) is 4.98. The average Bonchev–Trinajstić information content (AvgIpc) is 2.61. The van der Waals surface area contributed by atoms with E-state index in [1.54, 1.807) is 0 Å². The molecule has 0 radical (unpaired) electrons. The molecule has 1 aromatic carbocycles. The van der Waals surface area contributed by atoms with Gasteiger partial charge in [-0.3, -0.25) is 9.63 Å². The smallest absolute Gasteiger partial charge is 0.224 e. The molecule has 5 nitrogen and oxygen atoms in total. The van der Waals surface area contributed by atoms with E-state index in [-0.39, 0.29) is 5.91 Å². The van der Waals surface area contributed by atoms with Crippen molar-refractivity contribution in [1.82, 2.24) is 9.96 Å². The van der Waals surface area contributed by atoms with Gasteiger partial charge < -0.3 is 9.80 Å². The minimum atomic E-state index is 0.254.